The highest BCUT2D eigenvalue weighted by Gasteiger charge is 2.44. The average molecular weight is 396 g/mol. The number of halogens is 1. The van der Waals surface area contributed by atoms with Crippen LogP contribution in [0.2, 0.25) is 0 Å². The van der Waals surface area contributed by atoms with Gasteiger partial charge in [0.15, 0.2) is 0 Å². The Labute approximate surface area is 150 Å². The summed E-state index contributed by atoms with van der Waals surface area (Å²) in [7, 11) is 1.65. The molecule has 2 heterocycles. The lowest BCUT2D eigenvalue weighted by Crippen LogP contribution is -2.50. The minimum Gasteiger partial charge on any atom is -0.450 e. The summed E-state index contributed by atoms with van der Waals surface area (Å²) < 4.78 is 6.14. The van der Waals surface area contributed by atoms with E-state index in [9.17, 15) is 9.59 Å². The van der Waals surface area contributed by atoms with Gasteiger partial charge in [-0.15, -0.1) is 0 Å². The summed E-state index contributed by atoms with van der Waals surface area (Å²) in [4.78, 5) is 28.0. The number of carbonyl (C=O) groups excluding carboxylic acids is 2. The van der Waals surface area contributed by atoms with Crippen molar-refractivity contribution in [2.24, 2.45) is 0 Å². The zero-order chi connectivity index (χ0) is 17.3. The number of amides is 2. The number of nitrogens with one attached hydrogen (secondary N) is 1. The molecule has 2 amide bonds. The van der Waals surface area contributed by atoms with E-state index in [2.05, 4.69) is 32.2 Å². The summed E-state index contributed by atoms with van der Waals surface area (Å²) >= 11 is 3.62. The van der Waals surface area contributed by atoms with Crippen molar-refractivity contribution in [3.8, 4) is 0 Å². The highest BCUT2D eigenvalue weighted by atomic mass is 79.9. The molecule has 1 fully saturated rings. The smallest absolute Gasteiger partial charge is 0.409 e. The fraction of sp³-hybridized carbons (Fsp3) is 0.529. The molecule has 0 saturated carbocycles. The number of hydrogen-bond acceptors (Lipinski definition) is 4. The van der Waals surface area contributed by atoms with Crippen LogP contribution in [0, 0.1) is 0 Å². The second kappa shape index (κ2) is 7.01. The Morgan fingerprint density at radius 3 is 2.92 bits per heavy atom. The first-order chi connectivity index (χ1) is 11.6. The lowest BCUT2D eigenvalue weighted by Gasteiger charge is -2.38. The van der Waals surface area contributed by atoms with Crippen LogP contribution in [0.4, 0.5) is 10.5 Å². The second-order valence-corrected chi connectivity index (χ2v) is 6.94. The molecule has 1 aromatic rings. The van der Waals surface area contributed by atoms with Gasteiger partial charge in [0.25, 0.3) is 0 Å². The van der Waals surface area contributed by atoms with Crippen molar-refractivity contribution < 1.29 is 14.3 Å². The number of para-hydroxylation sites is 1. The third-order valence-corrected chi connectivity index (χ3v) is 5.44. The van der Waals surface area contributed by atoms with Crippen molar-refractivity contribution in [3.05, 3.63) is 28.2 Å². The second-order valence-electron chi connectivity index (χ2n) is 6.09. The number of fused-ring (bicyclic) bond motifs is 3. The van der Waals surface area contributed by atoms with Crippen LogP contribution >= 0.6 is 15.9 Å². The highest BCUT2D eigenvalue weighted by molar-refractivity contribution is 9.10. The summed E-state index contributed by atoms with van der Waals surface area (Å²) in [5.41, 5.74) is 2.26. The van der Waals surface area contributed by atoms with Gasteiger partial charge in [-0.2, -0.15) is 0 Å². The first-order valence-electron chi connectivity index (χ1n) is 8.24. The minimum atomic E-state index is -0.253. The average Bonchev–Trinajstić information content (AvgIpc) is 2.89. The Morgan fingerprint density at radius 2 is 2.21 bits per heavy atom. The van der Waals surface area contributed by atoms with Crippen LogP contribution in [0.5, 0.6) is 0 Å². The van der Waals surface area contributed by atoms with Gasteiger partial charge in [0.1, 0.15) is 0 Å². The third-order valence-electron chi connectivity index (χ3n) is 4.80. The minimum absolute atomic E-state index is 0.00910. The number of hydrogen-bond donors (Lipinski definition) is 1. The highest BCUT2D eigenvalue weighted by Crippen LogP contribution is 2.47. The summed E-state index contributed by atoms with van der Waals surface area (Å²) in [6.45, 7) is 3.80. The van der Waals surface area contributed by atoms with E-state index in [0.29, 0.717) is 26.2 Å². The summed E-state index contributed by atoms with van der Waals surface area (Å²) in [5.74, 6) is 0.186. The number of anilines is 1. The maximum Gasteiger partial charge on any atom is 0.409 e. The molecule has 1 N–H and O–H groups in total. The van der Waals surface area contributed by atoms with Crippen LogP contribution in [0.15, 0.2) is 22.7 Å². The molecule has 3 rings (SSSR count). The monoisotopic (exact) mass is 395 g/mol. The van der Waals surface area contributed by atoms with Crippen molar-refractivity contribution in [2.45, 2.75) is 25.3 Å². The fourth-order valence-corrected chi connectivity index (χ4v) is 4.34. The molecule has 0 aromatic heterocycles. The van der Waals surface area contributed by atoms with E-state index in [1.807, 2.05) is 19.1 Å². The molecule has 0 unspecified atom stereocenters. The Balaban J connectivity index is 1.90. The molecule has 2 aliphatic heterocycles. The molecule has 24 heavy (non-hydrogen) atoms. The van der Waals surface area contributed by atoms with Gasteiger partial charge in [0.05, 0.1) is 18.8 Å². The van der Waals surface area contributed by atoms with Crippen LogP contribution in [0.1, 0.15) is 24.8 Å². The van der Waals surface area contributed by atoms with Gasteiger partial charge >= 0.3 is 6.09 Å². The SMILES string of the molecule is CCOC(=O)N1CC[C@@H]2[C@@H](C1)c1cccc(Br)c1N2CC(=O)NC. The van der Waals surface area contributed by atoms with E-state index in [1.54, 1.807) is 11.9 Å². The molecular formula is C17H22BrN3O3. The molecule has 7 heteroatoms. The lowest BCUT2D eigenvalue weighted by atomic mass is 9.89. The third kappa shape index (κ3) is 2.97. The number of benzene rings is 1. The normalized spacial score (nSPS) is 22.0. The van der Waals surface area contributed by atoms with Crippen molar-refractivity contribution in [3.63, 3.8) is 0 Å². The molecule has 2 aliphatic rings. The lowest BCUT2D eigenvalue weighted by molar-refractivity contribution is -0.119. The number of ether oxygens (including phenoxy) is 1. The van der Waals surface area contributed by atoms with E-state index in [0.717, 1.165) is 16.6 Å². The first kappa shape index (κ1) is 17.1. The molecule has 130 valence electrons. The fourth-order valence-electron chi connectivity index (χ4n) is 3.73. The van der Waals surface area contributed by atoms with Crippen LogP contribution in [0.3, 0.4) is 0 Å². The zero-order valence-corrected chi connectivity index (χ0v) is 15.5. The maximum absolute atomic E-state index is 12.1. The van der Waals surface area contributed by atoms with Gasteiger partial charge in [-0.1, -0.05) is 12.1 Å². The number of rotatable bonds is 3. The predicted molar refractivity (Wildman–Crippen MR) is 95.3 cm³/mol. The van der Waals surface area contributed by atoms with Crippen molar-refractivity contribution in [2.75, 3.05) is 38.2 Å². The van der Waals surface area contributed by atoms with Gasteiger partial charge in [0, 0.05) is 36.6 Å². The quantitative estimate of drug-likeness (QED) is 0.852. The van der Waals surface area contributed by atoms with Gasteiger partial charge < -0.3 is 19.9 Å². The van der Waals surface area contributed by atoms with E-state index >= 15 is 0 Å². The molecule has 2 atom stereocenters. The number of carbonyl (C=O) groups is 2. The Kier molecular flexibility index (Phi) is 4.99. The molecule has 1 aromatic carbocycles. The summed E-state index contributed by atoms with van der Waals surface area (Å²) in [5, 5.41) is 2.70. The number of nitrogens with zero attached hydrogens (tertiary/aromatic N) is 2. The Morgan fingerprint density at radius 1 is 1.42 bits per heavy atom. The molecule has 6 nitrogen and oxygen atoms in total. The molecule has 0 radical (unpaired) electrons. The Hall–Kier alpha value is -1.76. The topological polar surface area (TPSA) is 61.9 Å². The van der Waals surface area contributed by atoms with Gasteiger partial charge in [0.2, 0.25) is 5.91 Å². The zero-order valence-electron chi connectivity index (χ0n) is 13.9. The summed E-state index contributed by atoms with van der Waals surface area (Å²) in [6, 6.07) is 6.32. The predicted octanol–water partition coefficient (Wildman–Crippen LogP) is 2.33. The van der Waals surface area contributed by atoms with Crippen molar-refractivity contribution >= 4 is 33.6 Å². The van der Waals surface area contributed by atoms with Crippen molar-refractivity contribution in [1.82, 2.24) is 10.2 Å². The molecule has 1 saturated heterocycles. The van der Waals surface area contributed by atoms with E-state index in [1.165, 1.54) is 5.56 Å². The van der Waals surface area contributed by atoms with Crippen LogP contribution < -0.4 is 10.2 Å². The van der Waals surface area contributed by atoms with E-state index in [-0.39, 0.29) is 24.0 Å². The molecular weight excluding hydrogens is 374 g/mol. The number of likely N-dealkylation sites (tertiary alicyclic amines) is 1. The van der Waals surface area contributed by atoms with Gasteiger partial charge in [-0.05, 0) is 40.9 Å². The number of likely N-dealkylation sites (N-methyl/N-ethyl adjacent to an activating group) is 1. The largest absolute Gasteiger partial charge is 0.450 e. The van der Waals surface area contributed by atoms with E-state index in [4.69, 9.17) is 4.74 Å². The van der Waals surface area contributed by atoms with Crippen LogP contribution in [-0.4, -0.2) is 56.2 Å². The maximum atomic E-state index is 12.1. The van der Waals surface area contributed by atoms with Gasteiger partial charge in [-0.3, -0.25) is 4.79 Å². The molecule has 0 aliphatic carbocycles. The molecule has 0 bridgehead atoms. The van der Waals surface area contributed by atoms with Crippen LogP contribution in [0.25, 0.3) is 0 Å². The molecule has 0 spiro atoms. The summed E-state index contributed by atoms with van der Waals surface area (Å²) in [6.07, 6.45) is 0.568. The van der Waals surface area contributed by atoms with E-state index < -0.39 is 0 Å². The Bertz CT molecular complexity index is 652. The number of piperidine rings is 1. The van der Waals surface area contributed by atoms with Crippen molar-refractivity contribution in [1.29, 1.82) is 0 Å². The first-order valence-corrected chi connectivity index (χ1v) is 9.03. The standard InChI is InChI=1S/C17H22BrN3O3/c1-3-24-17(23)20-8-7-14-12(9-20)11-5-4-6-13(18)16(11)21(14)10-15(22)19-2/h4-6,12,14H,3,7-10H2,1-2H3,(H,19,22)/t12-,14+/m0/s1. The van der Waals surface area contributed by atoms with Gasteiger partial charge in [-0.25, -0.2) is 4.79 Å². The van der Waals surface area contributed by atoms with Crippen LogP contribution in [-0.2, 0) is 9.53 Å².